The SMILES string of the molecule is O=C(NCCCN1CCc2ccccc2C1)NCC1(CO)CC1. The second kappa shape index (κ2) is 7.32. The second-order valence-electron chi connectivity index (χ2n) is 6.92. The van der Waals surface area contributed by atoms with Gasteiger partial charge >= 0.3 is 6.03 Å². The number of nitrogens with one attached hydrogen (secondary N) is 2. The van der Waals surface area contributed by atoms with Gasteiger partial charge < -0.3 is 15.7 Å². The molecule has 1 saturated carbocycles. The number of carbonyl (C=O) groups excluding carboxylic acids is 1. The molecule has 5 heteroatoms. The maximum atomic E-state index is 11.7. The zero-order valence-electron chi connectivity index (χ0n) is 13.7. The monoisotopic (exact) mass is 317 g/mol. The molecule has 2 aliphatic rings. The average molecular weight is 317 g/mol. The molecule has 0 atom stereocenters. The van der Waals surface area contributed by atoms with Crippen molar-refractivity contribution in [3.63, 3.8) is 0 Å². The molecule has 3 rings (SSSR count). The highest BCUT2D eigenvalue weighted by Crippen LogP contribution is 2.44. The molecule has 1 aromatic rings. The highest BCUT2D eigenvalue weighted by atomic mass is 16.3. The third-order valence-corrected chi connectivity index (χ3v) is 5.06. The van der Waals surface area contributed by atoms with E-state index in [1.165, 1.54) is 11.1 Å². The number of fused-ring (bicyclic) bond motifs is 1. The van der Waals surface area contributed by atoms with Crippen molar-refractivity contribution in [3.05, 3.63) is 35.4 Å². The van der Waals surface area contributed by atoms with Crippen molar-refractivity contribution in [2.24, 2.45) is 5.41 Å². The molecule has 3 N–H and O–H groups in total. The van der Waals surface area contributed by atoms with E-state index in [2.05, 4.69) is 39.8 Å². The standard InChI is InChI=1S/C18H27N3O2/c22-14-18(7-8-18)13-20-17(23)19-9-3-10-21-11-6-15-4-1-2-5-16(15)12-21/h1-2,4-5,22H,3,6-14H2,(H2,19,20,23). The Balaban J connectivity index is 1.29. The Morgan fingerprint density at radius 2 is 2.00 bits per heavy atom. The number of amides is 2. The van der Waals surface area contributed by atoms with E-state index in [9.17, 15) is 9.90 Å². The van der Waals surface area contributed by atoms with Gasteiger partial charge in [0.05, 0.1) is 6.61 Å². The van der Waals surface area contributed by atoms with Gasteiger partial charge in [-0.25, -0.2) is 4.79 Å². The lowest BCUT2D eigenvalue weighted by Crippen LogP contribution is -2.40. The highest BCUT2D eigenvalue weighted by Gasteiger charge is 2.42. The van der Waals surface area contributed by atoms with Crippen molar-refractivity contribution < 1.29 is 9.90 Å². The van der Waals surface area contributed by atoms with Gasteiger partial charge in [-0.15, -0.1) is 0 Å². The van der Waals surface area contributed by atoms with Gasteiger partial charge in [-0.05, 0) is 36.8 Å². The minimum Gasteiger partial charge on any atom is -0.396 e. The summed E-state index contributed by atoms with van der Waals surface area (Å²) in [5, 5.41) is 15.0. The summed E-state index contributed by atoms with van der Waals surface area (Å²) in [6.45, 7) is 4.57. The molecule has 0 bridgehead atoms. The number of rotatable bonds is 7. The lowest BCUT2D eigenvalue weighted by Gasteiger charge is -2.28. The Hall–Kier alpha value is -1.59. The van der Waals surface area contributed by atoms with Gasteiger partial charge in [0, 0.05) is 38.1 Å². The van der Waals surface area contributed by atoms with Gasteiger partial charge in [0.25, 0.3) is 0 Å². The summed E-state index contributed by atoms with van der Waals surface area (Å²) in [6.07, 6.45) is 4.11. The molecule has 1 fully saturated rings. The summed E-state index contributed by atoms with van der Waals surface area (Å²) >= 11 is 0. The van der Waals surface area contributed by atoms with Gasteiger partial charge in [-0.3, -0.25) is 4.90 Å². The van der Waals surface area contributed by atoms with Crippen molar-refractivity contribution in [3.8, 4) is 0 Å². The quantitative estimate of drug-likeness (QED) is 0.668. The van der Waals surface area contributed by atoms with Crippen molar-refractivity contribution in [1.82, 2.24) is 15.5 Å². The van der Waals surface area contributed by atoms with Crippen molar-refractivity contribution in [2.45, 2.75) is 32.2 Å². The van der Waals surface area contributed by atoms with E-state index < -0.39 is 0 Å². The maximum absolute atomic E-state index is 11.7. The van der Waals surface area contributed by atoms with E-state index in [0.717, 1.165) is 45.3 Å². The van der Waals surface area contributed by atoms with Crippen LogP contribution in [-0.4, -0.2) is 48.8 Å². The first kappa shape index (κ1) is 16.3. The number of nitrogens with zero attached hydrogens (tertiary/aromatic N) is 1. The minimum atomic E-state index is -0.117. The van der Waals surface area contributed by atoms with E-state index in [4.69, 9.17) is 0 Å². The number of aliphatic hydroxyl groups is 1. The molecule has 5 nitrogen and oxygen atoms in total. The Bertz CT molecular complexity index is 543. The summed E-state index contributed by atoms with van der Waals surface area (Å²) in [6, 6.07) is 8.53. The number of benzene rings is 1. The van der Waals surface area contributed by atoms with Crippen LogP contribution in [0.2, 0.25) is 0 Å². The number of hydrogen-bond acceptors (Lipinski definition) is 3. The van der Waals surface area contributed by atoms with Crippen LogP contribution in [0, 0.1) is 5.41 Å². The molecule has 0 saturated heterocycles. The third kappa shape index (κ3) is 4.45. The topological polar surface area (TPSA) is 64.6 Å². The van der Waals surface area contributed by atoms with Crippen LogP contribution in [0.5, 0.6) is 0 Å². The molecule has 126 valence electrons. The lowest BCUT2D eigenvalue weighted by atomic mass is 10.00. The average Bonchev–Trinajstić information content (AvgIpc) is 3.37. The predicted octanol–water partition coefficient (Wildman–Crippen LogP) is 1.51. The fourth-order valence-electron chi connectivity index (χ4n) is 3.15. The van der Waals surface area contributed by atoms with Crippen LogP contribution in [0.3, 0.4) is 0 Å². The fourth-order valence-corrected chi connectivity index (χ4v) is 3.15. The first-order valence-electron chi connectivity index (χ1n) is 8.62. The van der Waals surface area contributed by atoms with Gasteiger partial charge in [-0.2, -0.15) is 0 Å². The summed E-state index contributed by atoms with van der Waals surface area (Å²) in [5.41, 5.74) is 2.88. The van der Waals surface area contributed by atoms with Crippen LogP contribution in [0.25, 0.3) is 0 Å². The van der Waals surface area contributed by atoms with Gasteiger partial charge in [-0.1, -0.05) is 24.3 Å². The van der Waals surface area contributed by atoms with Crippen LogP contribution in [0.15, 0.2) is 24.3 Å². The summed E-state index contributed by atoms with van der Waals surface area (Å²) < 4.78 is 0. The molecule has 0 unspecified atom stereocenters. The van der Waals surface area contributed by atoms with E-state index in [1.807, 2.05) is 0 Å². The lowest BCUT2D eigenvalue weighted by molar-refractivity contribution is 0.202. The number of aliphatic hydroxyl groups excluding tert-OH is 1. The van der Waals surface area contributed by atoms with Crippen LogP contribution >= 0.6 is 0 Å². The second-order valence-corrected chi connectivity index (χ2v) is 6.92. The van der Waals surface area contributed by atoms with Crippen molar-refractivity contribution in [1.29, 1.82) is 0 Å². The number of carbonyl (C=O) groups is 1. The molecule has 1 aliphatic carbocycles. The van der Waals surface area contributed by atoms with Gasteiger partial charge in [0.2, 0.25) is 0 Å². The summed E-state index contributed by atoms with van der Waals surface area (Å²) in [7, 11) is 0. The summed E-state index contributed by atoms with van der Waals surface area (Å²) in [5.74, 6) is 0. The molecule has 1 aliphatic heterocycles. The molecule has 23 heavy (non-hydrogen) atoms. The Labute approximate surface area is 138 Å². The Morgan fingerprint density at radius 1 is 1.22 bits per heavy atom. The number of hydrogen-bond donors (Lipinski definition) is 3. The summed E-state index contributed by atoms with van der Waals surface area (Å²) in [4.78, 5) is 14.2. The first-order chi connectivity index (χ1) is 11.2. The molecular weight excluding hydrogens is 290 g/mol. The number of urea groups is 1. The highest BCUT2D eigenvalue weighted by molar-refractivity contribution is 5.73. The zero-order chi connectivity index (χ0) is 16.1. The molecule has 1 heterocycles. The van der Waals surface area contributed by atoms with E-state index in [0.29, 0.717) is 13.1 Å². The first-order valence-corrected chi connectivity index (χ1v) is 8.62. The molecule has 2 amide bonds. The minimum absolute atomic E-state index is 0.0292. The van der Waals surface area contributed by atoms with Crippen LogP contribution < -0.4 is 10.6 Å². The molecule has 0 radical (unpaired) electrons. The third-order valence-electron chi connectivity index (χ3n) is 5.06. The van der Waals surface area contributed by atoms with E-state index >= 15 is 0 Å². The Kier molecular flexibility index (Phi) is 5.18. The smallest absolute Gasteiger partial charge is 0.314 e. The van der Waals surface area contributed by atoms with Crippen molar-refractivity contribution >= 4 is 6.03 Å². The molecule has 1 aromatic carbocycles. The van der Waals surface area contributed by atoms with Gasteiger partial charge in [0.1, 0.15) is 0 Å². The predicted molar refractivity (Wildman–Crippen MR) is 90.2 cm³/mol. The Morgan fingerprint density at radius 3 is 2.74 bits per heavy atom. The largest absolute Gasteiger partial charge is 0.396 e. The van der Waals surface area contributed by atoms with E-state index in [1.54, 1.807) is 0 Å². The van der Waals surface area contributed by atoms with Gasteiger partial charge in [0.15, 0.2) is 0 Å². The maximum Gasteiger partial charge on any atom is 0.314 e. The molecular formula is C18H27N3O2. The molecule has 0 spiro atoms. The zero-order valence-corrected chi connectivity index (χ0v) is 13.7. The fraction of sp³-hybridized carbons (Fsp3) is 0.611. The van der Waals surface area contributed by atoms with Crippen LogP contribution in [0.1, 0.15) is 30.4 Å². The van der Waals surface area contributed by atoms with Crippen LogP contribution in [-0.2, 0) is 13.0 Å². The van der Waals surface area contributed by atoms with Crippen LogP contribution in [0.4, 0.5) is 4.79 Å². The van der Waals surface area contributed by atoms with E-state index in [-0.39, 0.29) is 18.1 Å². The normalized spacial score (nSPS) is 19.0. The van der Waals surface area contributed by atoms with Crippen molar-refractivity contribution in [2.75, 3.05) is 32.8 Å². The molecule has 0 aromatic heterocycles.